The molecule has 2 aromatic carbocycles. The number of benzene rings is 2. The number of aryl methyl sites for hydroxylation is 2. The van der Waals surface area contributed by atoms with E-state index in [0.717, 1.165) is 33.3 Å². The lowest BCUT2D eigenvalue weighted by molar-refractivity contribution is 0.482. The molecule has 0 spiro atoms. The first kappa shape index (κ1) is 20.4. The molecule has 3 N–H and O–H groups in total. The number of anilines is 1. The van der Waals surface area contributed by atoms with Gasteiger partial charge in [-0.15, -0.1) is 0 Å². The number of pyridine rings is 1. The van der Waals surface area contributed by atoms with E-state index >= 15 is 0 Å². The maximum Gasteiger partial charge on any atom is 0.263 e. The minimum absolute atomic E-state index is 0.0442. The van der Waals surface area contributed by atoms with Crippen LogP contribution in [-0.4, -0.2) is 39.4 Å². The van der Waals surface area contributed by atoms with E-state index in [9.17, 15) is 4.79 Å². The standard InChI is InChI=1S/C24H26N6O/c1-15-8-5-6-11-19(15)30-18(12-17-10-7-9-16(2)20(17)24(30)31)13-29(4)22(25)21-23(26-3)28-14-27-21/h5-12,14,25-26H,13H2,1-4H3,(H,27,28). The van der Waals surface area contributed by atoms with E-state index in [2.05, 4.69) is 15.3 Å². The summed E-state index contributed by atoms with van der Waals surface area (Å²) in [4.78, 5) is 22.7. The van der Waals surface area contributed by atoms with Crippen LogP contribution in [0.1, 0.15) is 22.5 Å². The number of imidazole rings is 1. The summed E-state index contributed by atoms with van der Waals surface area (Å²) in [6.07, 6.45) is 1.56. The highest BCUT2D eigenvalue weighted by atomic mass is 16.1. The highest BCUT2D eigenvalue weighted by Gasteiger charge is 2.19. The van der Waals surface area contributed by atoms with Gasteiger partial charge in [-0.05, 0) is 42.5 Å². The molecule has 0 unspecified atom stereocenters. The van der Waals surface area contributed by atoms with Crippen LogP contribution < -0.4 is 10.9 Å². The fraction of sp³-hybridized carbons (Fsp3) is 0.208. The number of para-hydroxylation sites is 1. The van der Waals surface area contributed by atoms with Crippen LogP contribution in [-0.2, 0) is 6.54 Å². The summed E-state index contributed by atoms with van der Waals surface area (Å²) < 4.78 is 1.78. The van der Waals surface area contributed by atoms with Crippen LogP contribution in [0, 0.1) is 19.3 Å². The Kier molecular flexibility index (Phi) is 5.33. The van der Waals surface area contributed by atoms with Crippen LogP contribution in [0.5, 0.6) is 0 Å². The van der Waals surface area contributed by atoms with Crippen molar-refractivity contribution in [2.45, 2.75) is 20.4 Å². The summed E-state index contributed by atoms with van der Waals surface area (Å²) in [5.41, 5.74) is 4.19. The van der Waals surface area contributed by atoms with E-state index in [-0.39, 0.29) is 11.4 Å². The summed E-state index contributed by atoms with van der Waals surface area (Å²) in [5, 5.41) is 13.3. The first-order valence-corrected chi connectivity index (χ1v) is 10.1. The number of H-pyrrole nitrogens is 1. The monoisotopic (exact) mass is 414 g/mol. The van der Waals surface area contributed by atoms with Gasteiger partial charge in [0.1, 0.15) is 11.5 Å². The predicted molar refractivity (Wildman–Crippen MR) is 125 cm³/mol. The van der Waals surface area contributed by atoms with Gasteiger partial charge in [0.25, 0.3) is 5.56 Å². The topological polar surface area (TPSA) is 89.8 Å². The fourth-order valence-electron chi connectivity index (χ4n) is 3.96. The maximum atomic E-state index is 13.7. The molecule has 2 heterocycles. The van der Waals surface area contributed by atoms with Crippen molar-refractivity contribution in [2.24, 2.45) is 0 Å². The molecule has 0 aliphatic heterocycles. The molecule has 0 saturated carbocycles. The third-order valence-corrected chi connectivity index (χ3v) is 5.58. The molecule has 31 heavy (non-hydrogen) atoms. The Balaban J connectivity index is 1.87. The number of hydrogen-bond donors (Lipinski definition) is 3. The highest BCUT2D eigenvalue weighted by Crippen LogP contribution is 2.22. The van der Waals surface area contributed by atoms with Crippen molar-refractivity contribution in [1.82, 2.24) is 19.4 Å². The van der Waals surface area contributed by atoms with E-state index in [1.54, 1.807) is 22.8 Å². The molecule has 4 rings (SSSR count). The van der Waals surface area contributed by atoms with Crippen molar-refractivity contribution < 1.29 is 0 Å². The number of amidine groups is 1. The molecular weight excluding hydrogens is 388 g/mol. The summed E-state index contributed by atoms with van der Waals surface area (Å²) in [6, 6.07) is 15.8. The van der Waals surface area contributed by atoms with Gasteiger partial charge in [-0.1, -0.05) is 36.4 Å². The maximum absolute atomic E-state index is 13.7. The highest BCUT2D eigenvalue weighted by molar-refractivity contribution is 5.98. The lowest BCUT2D eigenvalue weighted by Gasteiger charge is -2.23. The number of nitrogens with zero attached hydrogens (tertiary/aromatic N) is 3. The third-order valence-electron chi connectivity index (χ3n) is 5.58. The zero-order chi connectivity index (χ0) is 22.1. The normalized spacial score (nSPS) is 11.0. The van der Waals surface area contributed by atoms with Gasteiger partial charge >= 0.3 is 0 Å². The predicted octanol–water partition coefficient (Wildman–Crippen LogP) is 3.83. The molecule has 0 fully saturated rings. The van der Waals surface area contributed by atoms with Crippen LogP contribution in [0.4, 0.5) is 5.82 Å². The van der Waals surface area contributed by atoms with Gasteiger partial charge in [0.2, 0.25) is 0 Å². The second-order valence-electron chi connectivity index (χ2n) is 7.68. The Morgan fingerprint density at radius 2 is 1.90 bits per heavy atom. The average molecular weight is 415 g/mol. The Hall–Kier alpha value is -3.87. The Labute approximate surface area is 180 Å². The summed E-state index contributed by atoms with van der Waals surface area (Å²) in [7, 11) is 3.62. The molecule has 0 aliphatic carbocycles. The van der Waals surface area contributed by atoms with Gasteiger partial charge < -0.3 is 15.2 Å². The molecule has 7 heteroatoms. The van der Waals surface area contributed by atoms with E-state index in [4.69, 9.17) is 5.41 Å². The molecule has 0 bridgehead atoms. The molecular formula is C24H26N6O. The van der Waals surface area contributed by atoms with Gasteiger partial charge in [0, 0.05) is 19.8 Å². The Morgan fingerprint density at radius 1 is 1.16 bits per heavy atom. The molecule has 0 saturated heterocycles. The van der Waals surface area contributed by atoms with Crippen LogP contribution in [0.15, 0.2) is 59.7 Å². The molecule has 0 radical (unpaired) electrons. The van der Waals surface area contributed by atoms with Crippen LogP contribution >= 0.6 is 0 Å². The van der Waals surface area contributed by atoms with Gasteiger partial charge in [0.15, 0.2) is 5.82 Å². The molecule has 2 aromatic heterocycles. The van der Waals surface area contributed by atoms with E-state index < -0.39 is 0 Å². The number of aromatic amines is 1. The van der Waals surface area contributed by atoms with Crippen molar-refractivity contribution in [3.8, 4) is 5.69 Å². The van der Waals surface area contributed by atoms with Crippen LogP contribution in [0.3, 0.4) is 0 Å². The number of aromatic nitrogens is 3. The van der Waals surface area contributed by atoms with Crippen LogP contribution in [0.25, 0.3) is 16.5 Å². The zero-order valence-electron chi connectivity index (χ0n) is 18.2. The largest absolute Gasteiger partial charge is 0.371 e. The van der Waals surface area contributed by atoms with E-state index in [1.807, 2.05) is 69.4 Å². The minimum Gasteiger partial charge on any atom is -0.371 e. The molecule has 0 aliphatic rings. The smallest absolute Gasteiger partial charge is 0.263 e. The molecule has 4 aromatic rings. The zero-order valence-corrected chi connectivity index (χ0v) is 18.2. The van der Waals surface area contributed by atoms with E-state index in [1.165, 1.54) is 0 Å². The van der Waals surface area contributed by atoms with Crippen molar-refractivity contribution >= 4 is 22.4 Å². The number of fused-ring (bicyclic) bond motifs is 1. The molecule has 0 atom stereocenters. The molecule has 158 valence electrons. The fourth-order valence-corrected chi connectivity index (χ4v) is 3.96. The molecule has 7 nitrogen and oxygen atoms in total. The summed E-state index contributed by atoms with van der Waals surface area (Å²) >= 11 is 0. The Morgan fingerprint density at radius 3 is 2.65 bits per heavy atom. The van der Waals surface area contributed by atoms with Gasteiger partial charge in [-0.3, -0.25) is 14.8 Å². The summed E-state index contributed by atoms with van der Waals surface area (Å²) in [5.74, 6) is 0.900. The van der Waals surface area contributed by atoms with E-state index in [0.29, 0.717) is 18.1 Å². The van der Waals surface area contributed by atoms with Crippen molar-refractivity contribution in [1.29, 1.82) is 5.41 Å². The minimum atomic E-state index is -0.0442. The molecule has 0 amide bonds. The lowest BCUT2D eigenvalue weighted by atomic mass is 10.0. The first-order chi connectivity index (χ1) is 14.9. The number of rotatable bonds is 5. The van der Waals surface area contributed by atoms with Gasteiger partial charge in [-0.25, -0.2) is 4.98 Å². The first-order valence-electron chi connectivity index (χ1n) is 10.1. The second-order valence-corrected chi connectivity index (χ2v) is 7.68. The SMILES string of the molecule is CNc1nc[nH]c1C(=N)N(C)Cc1cc2cccc(C)c2c(=O)n1-c1ccccc1C. The third kappa shape index (κ3) is 3.59. The van der Waals surface area contributed by atoms with Crippen molar-refractivity contribution in [2.75, 3.05) is 19.4 Å². The number of nitrogens with one attached hydrogen (secondary N) is 3. The number of hydrogen-bond acceptors (Lipinski definition) is 4. The quantitative estimate of drug-likeness (QED) is 0.342. The second kappa shape index (κ2) is 8.10. The lowest BCUT2D eigenvalue weighted by Crippen LogP contribution is -2.31. The van der Waals surface area contributed by atoms with Gasteiger partial charge in [0.05, 0.1) is 23.9 Å². The van der Waals surface area contributed by atoms with Crippen molar-refractivity contribution in [3.05, 3.63) is 87.7 Å². The average Bonchev–Trinajstić information content (AvgIpc) is 3.23. The van der Waals surface area contributed by atoms with Crippen molar-refractivity contribution in [3.63, 3.8) is 0 Å². The Bertz CT molecular complexity index is 1330. The van der Waals surface area contributed by atoms with Crippen LogP contribution in [0.2, 0.25) is 0 Å². The van der Waals surface area contributed by atoms with Gasteiger partial charge in [-0.2, -0.15) is 0 Å². The summed E-state index contributed by atoms with van der Waals surface area (Å²) in [6.45, 7) is 4.35.